The molecule has 0 saturated heterocycles. The molecular weight excluding hydrogens is 288 g/mol. The predicted octanol–water partition coefficient (Wildman–Crippen LogP) is 2.45. The van der Waals surface area contributed by atoms with Gasteiger partial charge >= 0.3 is 0 Å². The monoisotopic (exact) mass is 306 g/mol. The molecule has 0 spiro atoms. The maximum absolute atomic E-state index is 5.92. The first-order valence-corrected chi connectivity index (χ1v) is 7.17. The van der Waals surface area contributed by atoms with Crippen LogP contribution in [-0.4, -0.2) is 22.7 Å². The lowest BCUT2D eigenvalue weighted by Gasteiger charge is -2.11. The summed E-state index contributed by atoms with van der Waals surface area (Å²) in [6.45, 7) is 1.78. The average Bonchev–Trinajstić information content (AvgIpc) is 3.00. The fraction of sp³-hybridized carbons (Fsp3) is 0.267. The SMILES string of the molecule is NCCONC(=CCCn1ccnc1)c1ccc(Cl)cc1. The zero-order chi connectivity index (χ0) is 14.9. The molecule has 1 aromatic carbocycles. The summed E-state index contributed by atoms with van der Waals surface area (Å²) < 4.78 is 2.02. The Labute approximate surface area is 129 Å². The summed E-state index contributed by atoms with van der Waals surface area (Å²) in [5.74, 6) is 0. The number of hydrogen-bond acceptors (Lipinski definition) is 4. The van der Waals surface area contributed by atoms with E-state index in [0.29, 0.717) is 18.2 Å². The van der Waals surface area contributed by atoms with Crippen LogP contribution in [0.15, 0.2) is 49.1 Å². The Morgan fingerprint density at radius 1 is 1.38 bits per heavy atom. The van der Waals surface area contributed by atoms with Gasteiger partial charge < -0.3 is 10.3 Å². The van der Waals surface area contributed by atoms with Gasteiger partial charge in [0.15, 0.2) is 0 Å². The van der Waals surface area contributed by atoms with Crippen LogP contribution in [0.25, 0.3) is 5.70 Å². The third-order valence-electron chi connectivity index (χ3n) is 2.85. The van der Waals surface area contributed by atoms with Crippen LogP contribution in [0.1, 0.15) is 12.0 Å². The molecule has 5 nitrogen and oxygen atoms in total. The summed E-state index contributed by atoms with van der Waals surface area (Å²) in [6, 6.07) is 7.60. The maximum Gasteiger partial charge on any atom is 0.0946 e. The zero-order valence-corrected chi connectivity index (χ0v) is 12.5. The molecule has 0 aliphatic rings. The molecule has 2 aromatic rings. The fourth-order valence-corrected chi connectivity index (χ4v) is 1.94. The van der Waals surface area contributed by atoms with Crippen LogP contribution >= 0.6 is 11.6 Å². The Kier molecular flexibility index (Phi) is 6.27. The van der Waals surface area contributed by atoms with Gasteiger partial charge in [-0.15, -0.1) is 0 Å². The number of nitrogens with two attached hydrogens (primary N) is 1. The number of imidazole rings is 1. The van der Waals surface area contributed by atoms with Gasteiger partial charge in [0.05, 0.1) is 18.6 Å². The van der Waals surface area contributed by atoms with Crippen LogP contribution in [0.5, 0.6) is 0 Å². The van der Waals surface area contributed by atoms with E-state index in [1.165, 1.54) is 0 Å². The standard InChI is InChI=1S/C15H19ClN4O/c16-14-5-3-13(4-6-14)15(19-21-11-7-17)2-1-9-20-10-8-18-12-20/h2-6,8,10,12,19H,1,7,9,11,17H2. The molecule has 3 N–H and O–H groups in total. The Bertz CT molecular complexity index is 552. The number of aryl methyl sites for hydroxylation is 1. The van der Waals surface area contributed by atoms with Gasteiger partial charge in [0.2, 0.25) is 0 Å². The number of rotatable bonds is 8. The highest BCUT2D eigenvalue weighted by Gasteiger charge is 2.01. The van der Waals surface area contributed by atoms with Crippen LogP contribution in [0.4, 0.5) is 0 Å². The number of hydrogen-bond donors (Lipinski definition) is 2. The van der Waals surface area contributed by atoms with Crippen molar-refractivity contribution in [3.05, 3.63) is 59.6 Å². The van der Waals surface area contributed by atoms with Gasteiger partial charge in [-0.3, -0.25) is 10.3 Å². The van der Waals surface area contributed by atoms with E-state index >= 15 is 0 Å². The minimum absolute atomic E-state index is 0.451. The molecule has 0 radical (unpaired) electrons. The van der Waals surface area contributed by atoms with Crippen LogP contribution in [0, 0.1) is 0 Å². The lowest BCUT2D eigenvalue weighted by atomic mass is 10.1. The summed E-state index contributed by atoms with van der Waals surface area (Å²) in [5.41, 5.74) is 10.3. The smallest absolute Gasteiger partial charge is 0.0946 e. The van der Waals surface area contributed by atoms with Crippen LogP contribution in [-0.2, 0) is 11.4 Å². The number of nitrogens with one attached hydrogen (secondary N) is 1. The van der Waals surface area contributed by atoms with Gasteiger partial charge in [0.1, 0.15) is 0 Å². The van der Waals surface area contributed by atoms with Gasteiger partial charge in [-0.05, 0) is 24.1 Å². The summed E-state index contributed by atoms with van der Waals surface area (Å²) in [7, 11) is 0. The molecule has 1 heterocycles. The van der Waals surface area contributed by atoms with Crippen molar-refractivity contribution in [2.24, 2.45) is 5.73 Å². The van der Waals surface area contributed by atoms with Crippen molar-refractivity contribution in [1.82, 2.24) is 15.0 Å². The summed E-state index contributed by atoms with van der Waals surface area (Å²) in [4.78, 5) is 9.34. The molecule has 112 valence electrons. The minimum atomic E-state index is 0.451. The second kappa shape index (κ2) is 8.46. The van der Waals surface area contributed by atoms with Gasteiger partial charge in [0, 0.05) is 30.5 Å². The molecule has 0 atom stereocenters. The lowest BCUT2D eigenvalue weighted by Crippen LogP contribution is -2.19. The molecule has 0 fully saturated rings. The maximum atomic E-state index is 5.92. The number of halogens is 1. The number of allylic oxidation sites excluding steroid dienone is 1. The van der Waals surface area contributed by atoms with E-state index in [1.807, 2.05) is 35.0 Å². The number of nitrogens with zero attached hydrogens (tertiary/aromatic N) is 2. The van der Waals surface area contributed by atoms with Crippen molar-refractivity contribution >= 4 is 17.3 Å². The molecule has 0 bridgehead atoms. The van der Waals surface area contributed by atoms with Crippen molar-refractivity contribution in [2.75, 3.05) is 13.2 Å². The van der Waals surface area contributed by atoms with Gasteiger partial charge in [-0.1, -0.05) is 29.8 Å². The van der Waals surface area contributed by atoms with Crippen molar-refractivity contribution < 1.29 is 4.84 Å². The Morgan fingerprint density at radius 2 is 2.19 bits per heavy atom. The first-order valence-electron chi connectivity index (χ1n) is 6.79. The second-order valence-corrected chi connectivity index (χ2v) is 4.89. The third-order valence-corrected chi connectivity index (χ3v) is 3.10. The van der Waals surface area contributed by atoms with E-state index in [-0.39, 0.29) is 0 Å². The summed E-state index contributed by atoms with van der Waals surface area (Å²) in [6.07, 6.45) is 8.45. The normalized spacial score (nSPS) is 11.6. The Balaban J connectivity index is 2.01. The van der Waals surface area contributed by atoms with E-state index in [1.54, 1.807) is 12.5 Å². The molecule has 0 saturated carbocycles. The highest BCUT2D eigenvalue weighted by Crippen LogP contribution is 2.16. The van der Waals surface area contributed by atoms with Crippen molar-refractivity contribution in [3.63, 3.8) is 0 Å². The Morgan fingerprint density at radius 3 is 2.86 bits per heavy atom. The van der Waals surface area contributed by atoms with Gasteiger partial charge in [-0.25, -0.2) is 4.98 Å². The average molecular weight is 307 g/mol. The quantitative estimate of drug-likeness (QED) is 0.581. The first kappa shape index (κ1) is 15.6. The topological polar surface area (TPSA) is 65.1 Å². The van der Waals surface area contributed by atoms with Crippen molar-refractivity contribution in [1.29, 1.82) is 0 Å². The van der Waals surface area contributed by atoms with E-state index < -0.39 is 0 Å². The number of hydroxylamine groups is 1. The minimum Gasteiger partial charge on any atom is -0.337 e. The van der Waals surface area contributed by atoms with E-state index in [4.69, 9.17) is 22.2 Å². The lowest BCUT2D eigenvalue weighted by molar-refractivity contribution is 0.0847. The van der Waals surface area contributed by atoms with Gasteiger partial charge in [0.25, 0.3) is 0 Å². The number of aromatic nitrogens is 2. The fourth-order valence-electron chi connectivity index (χ4n) is 1.81. The second-order valence-electron chi connectivity index (χ2n) is 4.45. The first-order chi connectivity index (χ1) is 10.3. The molecular formula is C15H19ClN4O. The largest absolute Gasteiger partial charge is 0.337 e. The molecule has 0 amide bonds. The number of benzene rings is 1. The highest BCUT2D eigenvalue weighted by atomic mass is 35.5. The van der Waals surface area contributed by atoms with E-state index in [0.717, 1.165) is 24.2 Å². The van der Waals surface area contributed by atoms with E-state index in [9.17, 15) is 0 Å². The highest BCUT2D eigenvalue weighted by molar-refractivity contribution is 6.30. The zero-order valence-electron chi connectivity index (χ0n) is 11.7. The van der Waals surface area contributed by atoms with Crippen LogP contribution < -0.4 is 11.2 Å². The van der Waals surface area contributed by atoms with Crippen LogP contribution in [0.2, 0.25) is 5.02 Å². The van der Waals surface area contributed by atoms with E-state index in [2.05, 4.69) is 16.5 Å². The van der Waals surface area contributed by atoms with Crippen LogP contribution in [0.3, 0.4) is 0 Å². The predicted molar refractivity (Wildman–Crippen MR) is 84.4 cm³/mol. The Hall–Kier alpha value is -1.82. The summed E-state index contributed by atoms with van der Waals surface area (Å²) >= 11 is 5.92. The summed E-state index contributed by atoms with van der Waals surface area (Å²) in [5, 5.41) is 0.708. The molecule has 0 aliphatic carbocycles. The molecule has 6 heteroatoms. The third kappa shape index (κ3) is 5.23. The molecule has 0 unspecified atom stereocenters. The van der Waals surface area contributed by atoms with Crippen molar-refractivity contribution in [2.45, 2.75) is 13.0 Å². The molecule has 21 heavy (non-hydrogen) atoms. The van der Waals surface area contributed by atoms with Crippen molar-refractivity contribution in [3.8, 4) is 0 Å². The molecule has 1 aromatic heterocycles. The molecule has 2 rings (SSSR count). The molecule has 0 aliphatic heterocycles. The van der Waals surface area contributed by atoms with Gasteiger partial charge in [-0.2, -0.15) is 0 Å².